The van der Waals surface area contributed by atoms with Gasteiger partial charge in [0.2, 0.25) is 6.08 Å². The van der Waals surface area contributed by atoms with Gasteiger partial charge in [-0.2, -0.15) is 0 Å². The topological polar surface area (TPSA) is 235 Å². The van der Waals surface area contributed by atoms with Gasteiger partial charge in [0.1, 0.15) is 0 Å². The van der Waals surface area contributed by atoms with Crippen LogP contribution in [0.4, 0.5) is 46.7 Å². The smallest absolute Gasteiger partial charge is 0.319 e. The molecular formula is C47H59N11O6. The Labute approximate surface area is 373 Å². The lowest BCUT2D eigenvalue weighted by molar-refractivity contribution is 0.237. The minimum absolute atomic E-state index is 0.213. The first-order valence-electron chi connectivity index (χ1n) is 21.3. The number of carbonyl (C=O) groups is 5. The Morgan fingerprint density at radius 1 is 0.531 bits per heavy atom. The van der Waals surface area contributed by atoms with E-state index in [2.05, 4.69) is 65.1 Å². The first kappa shape index (κ1) is 47.7. The zero-order chi connectivity index (χ0) is 46.1. The van der Waals surface area contributed by atoms with Gasteiger partial charge in [0.25, 0.3) is 0 Å². The van der Waals surface area contributed by atoms with Crippen molar-refractivity contribution in [2.75, 3.05) is 54.0 Å². The van der Waals surface area contributed by atoms with Crippen molar-refractivity contribution in [3.8, 4) is 11.1 Å². The fourth-order valence-corrected chi connectivity index (χ4v) is 6.62. The first-order valence-corrected chi connectivity index (χ1v) is 21.3. The van der Waals surface area contributed by atoms with Crippen molar-refractivity contribution in [1.29, 1.82) is 0 Å². The van der Waals surface area contributed by atoms with Crippen molar-refractivity contribution in [3.63, 3.8) is 0 Å². The van der Waals surface area contributed by atoms with Gasteiger partial charge in [-0.1, -0.05) is 77.4 Å². The van der Waals surface area contributed by atoms with Crippen molar-refractivity contribution in [2.45, 2.75) is 67.0 Å². The molecule has 0 saturated heterocycles. The zero-order valence-electron chi connectivity index (χ0n) is 37.1. The van der Waals surface area contributed by atoms with Crippen LogP contribution in [0.1, 0.15) is 69.7 Å². The molecule has 4 aromatic rings. The molecule has 0 fully saturated rings. The van der Waals surface area contributed by atoms with Crippen molar-refractivity contribution in [1.82, 2.24) is 31.9 Å². The highest BCUT2D eigenvalue weighted by atomic mass is 16.2. The van der Waals surface area contributed by atoms with Crippen LogP contribution >= 0.6 is 0 Å². The van der Waals surface area contributed by atoms with Crippen LogP contribution in [0.25, 0.3) is 11.1 Å². The normalized spacial score (nSPS) is 11.4. The first-order chi connectivity index (χ1) is 30.6. The lowest BCUT2D eigenvalue weighted by Gasteiger charge is -2.25. The van der Waals surface area contributed by atoms with E-state index in [9.17, 15) is 28.8 Å². The molecule has 0 aliphatic heterocycles. The Morgan fingerprint density at radius 2 is 0.938 bits per heavy atom. The molecule has 4 aromatic carbocycles. The number of nitrogens with zero attached hydrogens (tertiary/aromatic N) is 1. The van der Waals surface area contributed by atoms with E-state index in [1.54, 1.807) is 36.4 Å². The van der Waals surface area contributed by atoms with Crippen molar-refractivity contribution < 1.29 is 28.8 Å². The van der Waals surface area contributed by atoms with E-state index in [1.165, 1.54) is 6.08 Å². The third kappa shape index (κ3) is 15.5. The number of fused-ring (bicyclic) bond motifs is 3. The Morgan fingerprint density at radius 3 is 1.36 bits per heavy atom. The molecule has 17 nitrogen and oxygen atoms in total. The molecule has 0 unspecified atom stereocenters. The molecule has 0 saturated carbocycles. The van der Waals surface area contributed by atoms with Gasteiger partial charge in [0, 0.05) is 62.0 Å². The number of aliphatic imine (C=N–C) groups is 1. The summed E-state index contributed by atoms with van der Waals surface area (Å²) in [6, 6.07) is 24.0. The zero-order valence-corrected chi connectivity index (χ0v) is 37.1. The molecular weight excluding hydrogens is 815 g/mol. The molecule has 0 atom stereocenters. The molecule has 0 spiro atoms. The molecule has 17 heteroatoms. The maximum atomic E-state index is 12.9. The van der Waals surface area contributed by atoms with Crippen molar-refractivity contribution in [2.24, 2.45) is 15.8 Å². The molecule has 1 aliphatic rings. The Hall–Kier alpha value is -7.39. The highest BCUT2D eigenvalue weighted by molar-refractivity contribution is 5.93. The number of nitrogens with one attached hydrogen (secondary N) is 10. The van der Waals surface area contributed by atoms with Crippen LogP contribution in [0.2, 0.25) is 0 Å². The third-order valence-corrected chi connectivity index (χ3v) is 10.3. The maximum Gasteiger partial charge on any atom is 0.319 e. The van der Waals surface area contributed by atoms with Crippen LogP contribution < -0.4 is 53.2 Å². The molecule has 10 N–H and O–H groups in total. The summed E-state index contributed by atoms with van der Waals surface area (Å²) >= 11 is 0. The summed E-state index contributed by atoms with van der Waals surface area (Å²) in [5, 5.41) is 28.5. The van der Waals surface area contributed by atoms with Gasteiger partial charge in [-0.15, -0.1) is 0 Å². The number of unbranched alkanes of at least 4 members (excludes halogenated alkanes) is 1. The maximum absolute atomic E-state index is 12.9. The lowest BCUT2D eigenvalue weighted by atomic mass is 9.93. The van der Waals surface area contributed by atoms with Gasteiger partial charge in [0.05, 0.1) is 6.54 Å². The third-order valence-electron chi connectivity index (χ3n) is 10.3. The average molecular weight is 874 g/mol. The number of benzene rings is 4. The molecule has 0 aromatic heterocycles. The fraction of sp³-hybridized carbons (Fsp3) is 0.362. The van der Waals surface area contributed by atoms with Gasteiger partial charge >= 0.3 is 30.2 Å². The number of hydrogen-bond acceptors (Lipinski definition) is 7. The number of urea groups is 5. The Kier molecular flexibility index (Phi) is 16.8. The second-order valence-corrected chi connectivity index (χ2v) is 17.2. The molecule has 64 heavy (non-hydrogen) atoms. The summed E-state index contributed by atoms with van der Waals surface area (Å²) < 4.78 is 0. The number of anilines is 4. The molecule has 0 heterocycles. The van der Waals surface area contributed by atoms with Crippen molar-refractivity contribution >= 4 is 59.0 Å². The second-order valence-electron chi connectivity index (χ2n) is 17.2. The van der Waals surface area contributed by atoms with E-state index in [-0.39, 0.29) is 36.7 Å². The number of hydrogen-bond donors (Lipinski definition) is 10. The summed E-state index contributed by atoms with van der Waals surface area (Å²) in [6.07, 6.45) is 4.06. The summed E-state index contributed by atoms with van der Waals surface area (Å²) in [4.78, 5) is 76.7. The molecule has 5 rings (SSSR count). The Bertz CT molecular complexity index is 2320. The van der Waals surface area contributed by atoms with Crippen LogP contribution in [0.3, 0.4) is 0 Å². The van der Waals surface area contributed by atoms with Gasteiger partial charge in [-0.05, 0) is 106 Å². The summed E-state index contributed by atoms with van der Waals surface area (Å²) in [5.41, 5.74) is 7.48. The minimum atomic E-state index is -0.457. The average Bonchev–Trinajstić information content (AvgIpc) is 3.63. The van der Waals surface area contributed by atoms with Gasteiger partial charge < -0.3 is 53.2 Å². The van der Waals surface area contributed by atoms with Gasteiger partial charge in [-0.25, -0.2) is 33.8 Å². The molecule has 0 bridgehead atoms. The van der Waals surface area contributed by atoms with Gasteiger partial charge in [0.15, 0.2) is 0 Å². The highest BCUT2D eigenvalue weighted by Crippen LogP contribution is 2.39. The highest BCUT2D eigenvalue weighted by Gasteiger charge is 2.23. The predicted molar refractivity (Wildman–Crippen MR) is 250 cm³/mol. The Balaban J connectivity index is 0.994. The summed E-state index contributed by atoms with van der Waals surface area (Å²) in [5.74, 6) is 0. The number of isocyanates is 1. The van der Waals surface area contributed by atoms with Crippen LogP contribution in [0, 0.1) is 10.8 Å². The quantitative estimate of drug-likeness (QED) is 0.0227. The van der Waals surface area contributed by atoms with Crippen LogP contribution in [0.15, 0.2) is 89.9 Å². The van der Waals surface area contributed by atoms with Crippen LogP contribution in [0.5, 0.6) is 0 Å². The number of amides is 10. The number of rotatable bonds is 19. The largest absolute Gasteiger partial charge is 0.338 e. The van der Waals surface area contributed by atoms with Gasteiger partial charge in [-0.3, -0.25) is 0 Å². The van der Waals surface area contributed by atoms with Crippen LogP contribution in [-0.2, 0) is 24.3 Å². The summed E-state index contributed by atoms with van der Waals surface area (Å²) in [7, 11) is 0. The van der Waals surface area contributed by atoms with E-state index in [4.69, 9.17) is 0 Å². The predicted octanol–water partition coefficient (Wildman–Crippen LogP) is 7.63. The molecule has 1 aliphatic carbocycles. The van der Waals surface area contributed by atoms with E-state index >= 15 is 0 Å². The van der Waals surface area contributed by atoms with E-state index < -0.39 is 10.8 Å². The molecule has 338 valence electrons. The molecule has 0 radical (unpaired) electrons. The monoisotopic (exact) mass is 873 g/mol. The van der Waals surface area contributed by atoms with Crippen molar-refractivity contribution in [3.05, 3.63) is 107 Å². The second kappa shape index (κ2) is 22.6. The standard InChI is InChI=1S/C47H59N11O6/c1-6-7-20-49-41(60)50-25-32-10-14-36(15-11-32)56-43(62)52-27-47(4,5)29-54-45(64)58-38-17-19-40-34(23-38)21-33-22-37(16-18-39(33)40)57-44(63)53-28-46(2,3)26-51-42(61)55-35-12-8-31(9-13-35)24-48-30-59/h8-19,22-23H,6-7,20-21,24-29H2,1-5H3,(H2,49,50,60)(H2,51,55,61)(H2,52,56,62)(H2,53,57,63)(H2,54,58,64). The number of carbonyl (C=O) groups excluding carboxylic acids is 6. The van der Waals surface area contributed by atoms with E-state index in [0.717, 1.165) is 46.2 Å². The SMILES string of the molecule is CCCCNC(=O)NCc1ccc(NC(=O)NCC(C)(C)CNC(=O)Nc2ccc3c(c2)Cc2cc(NC(=O)NCC(C)(C)CNC(=O)Nc4ccc(CN=C=O)cc4)ccc2-3)cc1. The van der Waals surface area contributed by atoms with E-state index in [0.29, 0.717) is 68.4 Å². The fourth-order valence-electron chi connectivity index (χ4n) is 6.62. The van der Waals surface area contributed by atoms with E-state index in [1.807, 2.05) is 76.2 Å². The molecule has 10 amide bonds. The summed E-state index contributed by atoms with van der Waals surface area (Å²) in [6.45, 7) is 12.2. The van der Waals surface area contributed by atoms with Crippen LogP contribution in [-0.4, -0.2) is 69.0 Å². The minimum Gasteiger partial charge on any atom is -0.338 e. The lowest BCUT2D eigenvalue weighted by Crippen LogP contribution is -2.44.